The number of fused-ring (bicyclic) bond motifs is 2. The smallest absolute Gasteiger partial charge is 0.254 e. The SMILES string of the molecule is O=C(c1cccc2[nH]ccc12)N1CCN(c2cc3c(c(C4CCCCC4)n2)COCC3)CC1. The zero-order valence-corrected chi connectivity index (χ0v) is 19.2. The molecule has 6 heteroatoms. The molecule has 33 heavy (non-hydrogen) atoms. The molecule has 1 N–H and O–H groups in total. The first kappa shape index (κ1) is 20.7. The number of nitrogens with zero attached hydrogens (tertiary/aromatic N) is 3. The fraction of sp³-hybridized carbons (Fsp3) is 0.481. The fourth-order valence-electron chi connectivity index (χ4n) is 5.83. The van der Waals surface area contributed by atoms with Gasteiger partial charge in [0.1, 0.15) is 5.82 Å². The Balaban J connectivity index is 1.22. The Morgan fingerprint density at radius 2 is 1.91 bits per heavy atom. The number of H-pyrrole nitrogens is 1. The number of aromatic amines is 1. The van der Waals surface area contributed by atoms with E-state index >= 15 is 0 Å². The van der Waals surface area contributed by atoms with Gasteiger partial charge < -0.3 is 19.5 Å². The molecule has 2 aromatic heterocycles. The third kappa shape index (κ3) is 3.90. The van der Waals surface area contributed by atoms with E-state index in [0.717, 1.165) is 61.5 Å². The molecule has 0 spiro atoms. The van der Waals surface area contributed by atoms with Crippen LogP contribution in [0.4, 0.5) is 5.82 Å². The Hall–Kier alpha value is -2.86. The lowest BCUT2D eigenvalue weighted by molar-refractivity contribution is 0.0748. The van der Waals surface area contributed by atoms with Gasteiger partial charge in [-0.3, -0.25) is 4.79 Å². The predicted octanol–water partition coefficient (Wildman–Crippen LogP) is 4.65. The number of benzene rings is 1. The summed E-state index contributed by atoms with van der Waals surface area (Å²) in [5.41, 5.74) is 5.86. The molecule has 6 nitrogen and oxygen atoms in total. The molecule has 1 amide bonds. The highest BCUT2D eigenvalue weighted by atomic mass is 16.5. The topological polar surface area (TPSA) is 61.5 Å². The molecular weight excluding hydrogens is 412 g/mol. The van der Waals surface area contributed by atoms with E-state index in [-0.39, 0.29) is 5.91 Å². The van der Waals surface area contributed by atoms with E-state index in [1.54, 1.807) is 0 Å². The second-order valence-corrected chi connectivity index (χ2v) is 9.66. The Morgan fingerprint density at radius 1 is 1.06 bits per heavy atom. The quantitative estimate of drug-likeness (QED) is 0.639. The summed E-state index contributed by atoms with van der Waals surface area (Å²) in [6.45, 7) is 4.60. The summed E-state index contributed by atoms with van der Waals surface area (Å²) in [5, 5.41) is 1.00. The molecule has 0 unspecified atom stereocenters. The van der Waals surface area contributed by atoms with Crippen LogP contribution < -0.4 is 4.90 Å². The molecule has 6 rings (SSSR count). The summed E-state index contributed by atoms with van der Waals surface area (Å²) in [5.74, 6) is 1.79. The van der Waals surface area contributed by atoms with Crippen molar-refractivity contribution in [1.82, 2.24) is 14.9 Å². The number of aromatic nitrogens is 2. The lowest BCUT2D eigenvalue weighted by Crippen LogP contribution is -2.49. The zero-order chi connectivity index (χ0) is 22.2. The van der Waals surface area contributed by atoms with Crippen LogP contribution in [0.2, 0.25) is 0 Å². The van der Waals surface area contributed by atoms with E-state index in [2.05, 4.69) is 16.0 Å². The summed E-state index contributed by atoms with van der Waals surface area (Å²) in [6.07, 6.45) is 9.33. The fourth-order valence-corrected chi connectivity index (χ4v) is 5.83. The average Bonchev–Trinajstić information content (AvgIpc) is 3.37. The summed E-state index contributed by atoms with van der Waals surface area (Å²) in [4.78, 5) is 26.1. The number of amides is 1. The number of carbonyl (C=O) groups excluding carboxylic acids is 1. The van der Waals surface area contributed by atoms with Crippen LogP contribution in [0.15, 0.2) is 36.5 Å². The van der Waals surface area contributed by atoms with Crippen LogP contribution in [0, 0.1) is 0 Å². The summed E-state index contributed by atoms with van der Waals surface area (Å²) < 4.78 is 5.82. The van der Waals surface area contributed by atoms with Gasteiger partial charge in [0, 0.05) is 60.3 Å². The standard InChI is InChI=1S/C27H32N4O2/c32-27(22-7-4-8-24-21(22)9-11-28-24)31-14-12-30(13-15-31)25-17-20-10-16-33-18-23(20)26(29-25)19-5-2-1-3-6-19/h4,7-9,11,17,19,28H,1-3,5-6,10,12-16,18H2. The molecule has 1 saturated heterocycles. The molecule has 2 fully saturated rings. The molecule has 2 aliphatic heterocycles. The van der Waals surface area contributed by atoms with Crippen molar-refractivity contribution in [2.24, 2.45) is 0 Å². The first-order valence-corrected chi connectivity index (χ1v) is 12.5. The first-order valence-electron chi connectivity index (χ1n) is 12.5. The minimum Gasteiger partial charge on any atom is -0.376 e. The van der Waals surface area contributed by atoms with Gasteiger partial charge in [-0.25, -0.2) is 4.98 Å². The average molecular weight is 445 g/mol. The molecule has 0 atom stereocenters. The van der Waals surface area contributed by atoms with E-state index in [1.165, 1.54) is 48.9 Å². The molecule has 172 valence electrons. The molecule has 1 aromatic carbocycles. The Labute approximate surface area is 194 Å². The van der Waals surface area contributed by atoms with Crippen molar-refractivity contribution >= 4 is 22.6 Å². The Morgan fingerprint density at radius 3 is 2.76 bits per heavy atom. The third-order valence-corrected chi connectivity index (χ3v) is 7.71. The van der Waals surface area contributed by atoms with Crippen molar-refractivity contribution in [3.05, 3.63) is 58.9 Å². The molecule has 3 aliphatic rings. The van der Waals surface area contributed by atoms with Gasteiger partial charge in [-0.2, -0.15) is 0 Å². The van der Waals surface area contributed by atoms with Crippen LogP contribution in [-0.4, -0.2) is 53.6 Å². The number of hydrogen-bond acceptors (Lipinski definition) is 4. The third-order valence-electron chi connectivity index (χ3n) is 7.71. The van der Waals surface area contributed by atoms with Gasteiger partial charge in [0.25, 0.3) is 5.91 Å². The van der Waals surface area contributed by atoms with Crippen LogP contribution in [0.1, 0.15) is 65.2 Å². The number of carbonyl (C=O) groups is 1. The first-order chi connectivity index (χ1) is 16.3. The van der Waals surface area contributed by atoms with Crippen LogP contribution in [0.5, 0.6) is 0 Å². The maximum atomic E-state index is 13.3. The van der Waals surface area contributed by atoms with Crippen molar-refractivity contribution < 1.29 is 9.53 Å². The second-order valence-electron chi connectivity index (χ2n) is 9.66. The Kier molecular flexibility index (Phi) is 5.54. The van der Waals surface area contributed by atoms with Crippen LogP contribution in [0.25, 0.3) is 10.9 Å². The van der Waals surface area contributed by atoms with Gasteiger partial charge in [0.05, 0.1) is 18.9 Å². The van der Waals surface area contributed by atoms with Crippen LogP contribution >= 0.6 is 0 Å². The van der Waals surface area contributed by atoms with Gasteiger partial charge >= 0.3 is 0 Å². The molecule has 3 aromatic rings. The van der Waals surface area contributed by atoms with E-state index in [0.29, 0.717) is 12.5 Å². The maximum absolute atomic E-state index is 13.3. The van der Waals surface area contributed by atoms with Gasteiger partial charge in [0.2, 0.25) is 0 Å². The number of nitrogens with one attached hydrogen (secondary N) is 1. The number of hydrogen-bond donors (Lipinski definition) is 1. The molecule has 1 aliphatic carbocycles. The summed E-state index contributed by atoms with van der Waals surface area (Å²) >= 11 is 0. The van der Waals surface area contributed by atoms with Gasteiger partial charge in [-0.1, -0.05) is 25.3 Å². The highest BCUT2D eigenvalue weighted by molar-refractivity contribution is 6.06. The van der Waals surface area contributed by atoms with E-state index < -0.39 is 0 Å². The lowest BCUT2D eigenvalue weighted by Gasteiger charge is -2.37. The number of rotatable bonds is 3. The van der Waals surface area contributed by atoms with E-state index in [4.69, 9.17) is 9.72 Å². The lowest BCUT2D eigenvalue weighted by atomic mass is 9.83. The monoisotopic (exact) mass is 444 g/mol. The van der Waals surface area contributed by atoms with Crippen LogP contribution in [0.3, 0.4) is 0 Å². The van der Waals surface area contributed by atoms with Crippen LogP contribution in [-0.2, 0) is 17.8 Å². The normalized spacial score (nSPS) is 19.6. The van der Waals surface area contributed by atoms with Crippen molar-refractivity contribution in [1.29, 1.82) is 0 Å². The number of pyridine rings is 1. The zero-order valence-electron chi connectivity index (χ0n) is 19.2. The maximum Gasteiger partial charge on any atom is 0.254 e. The molecule has 4 heterocycles. The summed E-state index contributed by atoms with van der Waals surface area (Å²) in [7, 11) is 0. The number of anilines is 1. The predicted molar refractivity (Wildman–Crippen MR) is 130 cm³/mol. The van der Waals surface area contributed by atoms with Crippen molar-refractivity contribution in [3.63, 3.8) is 0 Å². The second kappa shape index (κ2) is 8.82. The molecule has 1 saturated carbocycles. The van der Waals surface area contributed by atoms with Gasteiger partial charge in [0.15, 0.2) is 0 Å². The Bertz CT molecular complexity index is 1160. The molecular formula is C27H32N4O2. The van der Waals surface area contributed by atoms with Crippen molar-refractivity contribution in [2.45, 2.75) is 51.0 Å². The largest absolute Gasteiger partial charge is 0.376 e. The van der Waals surface area contributed by atoms with Gasteiger partial charge in [-0.15, -0.1) is 0 Å². The summed E-state index contributed by atoms with van der Waals surface area (Å²) in [6, 6.07) is 10.2. The van der Waals surface area contributed by atoms with Crippen molar-refractivity contribution in [2.75, 3.05) is 37.7 Å². The van der Waals surface area contributed by atoms with E-state index in [9.17, 15) is 4.79 Å². The van der Waals surface area contributed by atoms with E-state index in [1.807, 2.05) is 35.4 Å². The van der Waals surface area contributed by atoms with Gasteiger partial charge in [-0.05, 0) is 49.1 Å². The molecule has 0 radical (unpaired) electrons. The number of piperazine rings is 1. The molecule has 0 bridgehead atoms. The minimum atomic E-state index is 0.123. The minimum absolute atomic E-state index is 0.123. The highest BCUT2D eigenvalue weighted by Gasteiger charge is 2.28. The number of ether oxygens (including phenoxy) is 1. The highest BCUT2D eigenvalue weighted by Crippen LogP contribution is 2.37. The van der Waals surface area contributed by atoms with Crippen molar-refractivity contribution in [3.8, 4) is 0 Å².